The molecule has 4 unspecified atom stereocenters. The fraction of sp³-hybridized carbons (Fsp3) is 0.909. The van der Waals surface area contributed by atoms with Crippen molar-refractivity contribution in [3.63, 3.8) is 0 Å². The minimum absolute atomic E-state index is 0.462. The predicted molar refractivity (Wildman–Crippen MR) is 94.8 cm³/mol. The molecule has 2 amide bonds. The van der Waals surface area contributed by atoms with Crippen LogP contribution in [0.25, 0.3) is 0 Å². The molecule has 0 fully saturated rings. The van der Waals surface area contributed by atoms with Crippen LogP contribution in [0.4, 0.5) is 4.79 Å². The van der Waals surface area contributed by atoms with E-state index in [0.717, 1.165) is 0 Å². The van der Waals surface area contributed by atoms with Crippen LogP contribution in [0.3, 0.4) is 0 Å². The molecule has 0 bridgehead atoms. The molecular weight excluding hydrogens is 453 g/mol. The van der Waals surface area contributed by atoms with Crippen LogP contribution in [0.5, 0.6) is 0 Å². The summed E-state index contributed by atoms with van der Waals surface area (Å²) in [7, 11) is 0. The van der Waals surface area contributed by atoms with Crippen LogP contribution in [0.15, 0.2) is 0 Å². The van der Waals surface area contributed by atoms with Gasteiger partial charge in [0.05, 0.1) is 25.3 Å². The van der Waals surface area contributed by atoms with E-state index in [4.69, 9.17) is 69.6 Å². The lowest BCUT2D eigenvalue weighted by atomic mass is 10.3. The van der Waals surface area contributed by atoms with Gasteiger partial charge in [0.25, 0.3) is 0 Å². The second-order valence-corrected chi connectivity index (χ2v) is 9.85. The number of nitrogens with zero attached hydrogens (tertiary/aromatic N) is 2. The number of carbonyl (C=O) groups is 1. The average Bonchev–Trinajstić information content (AvgIpc) is 2.37. The van der Waals surface area contributed by atoms with Gasteiger partial charge in [-0.05, 0) is 13.8 Å². The number of alkyl halides is 6. The minimum atomic E-state index is -2.31. The van der Waals surface area contributed by atoms with Crippen molar-refractivity contribution in [3.05, 3.63) is 0 Å². The Morgan fingerprint density at radius 1 is 0.792 bits per heavy atom. The molecule has 0 aromatic rings. The van der Waals surface area contributed by atoms with Crippen molar-refractivity contribution in [2.45, 2.75) is 46.1 Å². The first-order valence-electron chi connectivity index (χ1n) is 6.52. The van der Waals surface area contributed by atoms with Gasteiger partial charge in [-0.2, -0.15) is 0 Å². The van der Waals surface area contributed by atoms with Gasteiger partial charge >= 0.3 is 6.03 Å². The van der Waals surface area contributed by atoms with Gasteiger partial charge in [-0.15, -0.1) is 0 Å². The number of aliphatic hydroxyl groups is 4. The fourth-order valence-corrected chi connectivity index (χ4v) is 2.36. The van der Waals surface area contributed by atoms with E-state index in [1.54, 1.807) is 0 Å². The van der Waals surface area contributed by atoms with Gasteiger partial charge in [0.1, 0.15) is 0 Å². The van der Waals surface area contributed by atoms with Crippen LogP contribution in [-0.4, -0.2) is 81.6 Å². The van der Waals surface area contributed by atoms with Crippen LogP contribution < -0.4 is 0 Å². The van der Waals surface area contributed by atoms with Crippen LogP contribution >= 0.6 is 69.6 Å². The monoisotopic (exact) mass is 468 g/mol. The molecule has 4 atom stereocenters. The number of urea groups is 1. The highest BCUT2D eigenvalue weighted by molar-refractivity contribution is 6.68. The van der Waals surface area contributed by atoms with Crippen LogP contribution in [0.2, 0.25) is 0 Å². The highest BCUT2D eigenvalue weighted by atomic mass is 35.6. The van der Waals surface area contributed by atoms with Gasteiger partial charge in [0.15, 0.2) is 12.5 Å². The van der Waals surface area contributed by atoms with Crippen molar-refractivity contribution in [1.29, 1.82) is 0 Å². The van der Waals surface area contributed by atoms with E-state index in [1.807, 2.05) is 0 Å². The Hall–Kier alpha value is 0.850. The van der Waals surface area contributed by atoms with E-state index in [2.05, 4.69) is 0 Å². The van der Waals surface area contributed by atoms with Gasteiger partial charge in [-0.25, -0.2) is 4.79 Å². The first kappa shape index (κ1) is 24.8. The summed E-state index contributed by atoms with van der Waals surface area (Å²) in [6.45, 7) is 1.71. The van der Waals surface area contributed by atoms with E-state index >= 15 is 0 Å². The zero-order chi connectivity index (χ0) is 19.5. The second-order valence-electron chi connectivity index (χ2n) is 5.12. The first-order valence-corrected chi connectivity index (χ1v) is 8.78. The first-order chi connectivity index (χ1) is 10.6. The molecule has 0 heterocycles. The fourth-order valence-electron chi connectivity index (χ4n) is 1.65. The summed E-state index contributed by atoms with van der Waals surface area (Å²) in [4.78, 5) is 13.8. The summed E-state index contributed by atoms with van der Waals surface area (Å²) in [6, 6.07) is -1.13. The lowest BCUT2D eigenvalue weighted by Crippen LogP contribution is -2.59. The van der Waals surface area contributed by atoms with Gasteiger partial charge < -0.3 is 20.4 Å². The third-order valence-corrected chi connectivity index (χ3v) is 3.76. The third kappa shape index (κ3) is 8.03. The molecule has 0 aliphatic heterocycles. The Bertz CT molecular complexity index is 379. The summed E-state index contributed by atoms with van der Waals surface area (Å²) < 4.78 is -4.63. The molecule has 0 aliphatic rings. The van der Waals surface area contributed by atoms with E-state index in [1.165, 1.54) is 13.8 Å². The lowest BCUT2D eigenvalue weighted by Gasteiger charge is -2.40. The molecule has 0 saturated heterocycles. The molecule has 0 rings (SSSR count). The summed E-state index contributed by atoms with van der Waals surface area (Å²) in [5.74, 6) is 0. The van der Waals surface area contributed by atoms with Crippen LogP contribution in [0.1, 0.15) is 13.8 Å². The van der Waals surface area contributed by atoms with Crippen molar-refractivity contribution >= 4 is 75.6 Å². The maximum Gasteiger partial charge on any atom is 0.324 e. The van der Waals surface area contributed by atoms with E-state index < -0.39 is 51.4 Å². The van der Waals surface area contributed by atoms with Gasteiger partial charge in [-0.1, -0.05) is 69.6 Å². The summed E-state index contributed by atoms with van der Waals surface area (Å²) in [5.41, 5.74) is 0. The van der Waals surface area contributed by atoms with Crippen molar-refractivity contribution < 1.29 is 25.2 Å². The lowest BCUT2D eigenvalue weighted by molar-refractivity contribution is -0.0381. The maximum atomic E-state index is 12.6. The van der Waals surface area contributed by atoms with Gasteiger partial charge in [-0.3, -0.25) is 9.80 Å². The Balaban J connectivity index is 5.72. The Labute approximate surface area is 169 Å². The number of hydrogen-bond donors (Lipinski definition) is 4. The highest BCUT2D eigenvalue weighted by Crippen LogP contribution is 2.35. The molecule has 7 nitrogen and oxygen atoms in total. The molecule has 0 aliphatic carbocycles. The molecule has 4 N–H and O–H groups in total. The molecule has 0 aromatic heterocycles. The number of amides is 2. The number of carbonyl (C=O) groups excluding carboxylic acids is 1. The van der Waals surface area contributed by atoms with Crippen molar-refractivity contribution in [2.24, 2.45) is 0 Å². The minimum Gasteiger partial charge on any atom is -0.392 e. The third-order valence-electron chi connectivity index (χ3n) is 2.59. The largest absolute Gasteiger partial charge is 0.392 e. The molecule has 24 heavy (non-hydrogen) atoms. The smallest absolute Gasteiger partial charge is 0.324 e. The van der Waals surface area contributed by atoms with Crippen molar-refractivity contribution in [1.82, 2.24) is 9.80 Å². The standard InChI is InChI=1S/C11H18Cl6N2O5/c1-5(20)3-18(7(22)10(12,13)14)9(24)19(4-6(2)21)8(23)11(15,16)17/h5-8,20-23H,3-4H2,1-2H3. The normalized spacial score (nSPS) is 17.8. The maximum absolute atomic E-state index is 12.6. The van der Waals surface area contributed by atoms with Crippen molar-refractivity contribution in [2.75, 3.05) is 13.1 Å². The van der Waals surface area contributed by atoms with E-state index in [9.17, 15) is 25.2 Å². The summed E-state index contributed by atoms with van der Waals surface area (Å²) in [6.07, 6.45) is -6.20. The van der Waals surface area contributed by atoms with Gasteiger partial charge in [0, 0.05) is 0 Å². The molecule has 144 valence electrons. The predicted octanol–water partition coefficient (Wildman–Crippen LogP) is 1.85. The molecule has 13 heteroatoms. The van der Waals surface area contributed by atoms with Crippen LogP contribution in [-0.2, 0) is 0 Å². The number of rotatable bonds is 6. The topological polar surface area (TPSA) is 104 Å². The van der Waals surface area contributed by atoms with E-state index in [0.29, 0.717) is 9.80 Å². The van der Waals surface area contributed by atoms with Crippen LogP contribution in [0, 0.1) is 0 Å². The molecular formula is C11H18Cl6N2O5. The van der Waals surface area contributed by atoms with E-state index in [-0.39, 0.29) is 0 Å². The molecule has 0 radical (unpaired) electrons. The Morgan fingerprint density at radius 2 is 1.04 bits per heavy atom. The van der Waals surface area contributed by atoms with Gasteiger partial charge in [0.2, 0.25) is 7.59 Å². The Morgan fingerprint density at radius 3 is 1.21 bits per heavy atom. The highest BCUT2D eigenvalue weighted by Gasteiger charge is 2.45. The second kappa shape index (κ2) is 9.69. The number of aliphatic hydroxyl groups excluding tert-OH is 4. The zero-order valence-corrected chi connectivity index (χ0v) is 17.1. The summed E-state index contributed by atoms with van der Waals surface area (Å²) in [5, 5.41) is 39.1. The molecule has 0 spiro atoms. The quantitative estimate of drug-likeness (QED) is 0.350. The van der Waals surface area contributed by atoms with Crippen molar-refractivity contribution in [3.8, 4) is 0 Å². The average molecular weight is 471 g/mol. The number of hydrogen-bond acceptors (Lipinski definition) is 5. The Kier molecular flexibility index (Phi) is 10.0. The zero-order valence-electron chi connectivity index (χ0n) is 12.6. The number of halogens is 6. The molecule has 0 aromatic carbocycles. The SMILES string of the molecule is CC(O)CN(C(=O)N(CC(C)O)C(O)C(Cl)(Cl)Cl)C(O)C(Cl)(Cl)Cl. The molecule has 0 saturated carbocycles. The summed E-state index contributed by atoms with van der Waals surface area (Å²) >= 11 is 33.5.